The van der Waals surface area contributed by atoms with Gasteiger partial charge in [0.15, 0.2) is 17.9 Å². The molecule has 24 heteroatoms. The van der Waals surface area contributed by atoms with E-state index >= 15 is 0 Å². The van der Waals surface area contributed by atoms with Crippen molar-refractivity contribution in [2.75, 3.05) is 26.2 Å². The van der Waals surface area contributed by atoms with Gasteiger partial charge in [-0.1, -0.05) is 20.3 Å². The van der Waals surface area contributed by atoms with Gasteiger partial charge in [-0.15, -0.1) is 0 Å². The zero-order chi connectivity index (χ0) is 41.7. The van der Waals surface area contributed by atoms with E-state index in [2.05, 4.69) is 46.9 Å². The number of aliphatic carboxylic acids is 1. The fourth-order valence-corrected chi connectivity index (χ4v) is 5.20. The zero-order valence-corrected chi connectivity index (χ0v) is 31.1. The van der Waals surface area contributed by atoms with Crippen molar-refractivity contribution in [3.8, 4) is 0 Å². The number of carbonyl (C=O) groups is 7. The molecule has 0 aromatic carbocycles. The lowest BCUT2D eigenvalue weighted by Gasteiger charge is -2.30. The maximum atomic E-state index is 13.7. The van der Waals surface area contributed by atoms with Gasteiger partial charge in [-0.2, -0.15) is 0 Å². The summed E-state index contributed by atoms with van der Waals surface area (Å²) in [4.78, 5) is 105. The molecule has 1 aliphatic heterocycles. The Hall–Kier alpha value is -5.94. The van der Waals surface area contributed by atoms with Gasteiger partial charge in [0, 0.05) is 19.6 Å². The van der Waals surface area contributed by atoms with E-state index in [1.807, 2.05) is 0 Å². The van der Waals surface area contributed by atoms with Crippen molar-refractivity contribution in [3.05, 3.63) is 0 Å². The smallest absolute Gasteiger partial charge is 0.305 e. The molecule has 1 aliphatic rings. The number of carboxylic acids is 1. The molecule has 0 radical (unpaired) electrons. The topological polar surface area (TPSA) is 425 Å². The normalized spacial score (nSPS) is 23.5. The summed E-state index contributed by atoms with van der Waals surface area (Å²) in [6, 6.07) is -8.90. The molecular weight excluding hydrogens is 726 g/mol. The number of carbonyl (C=O) groups excluding carboxylic acids is 6. The van der Waals surface area contributed by atoms with Crippen molar-refractivity contribution < 1.29 is 43.8 Å². The van der Waals surface area contributed by atoms with Crippen molar-refractivity contribution in [1.29, 1.82) is 0 Å². The second-order valence-electron chi connectivity index (χ2n) is 12.8. The summed E-state index contributed by atoms with van der Waals surface area (Å²) in [5.41, 5.74) is 32.4. The quantitative estimate of drug-likeness (QED) is 0.0371. The van der Waals surface area contributed by atoms with E-state index in [1.165, 1.54) is 0 Å². The van der Waals surface area contributed by atoms with Crippen LogP contribution in [-0.4, -0.2) is 132 Å². The number of carboxylic acid groups (broad SMARTS) is 1. The van der Waals surface area contributed by atoms with Crippen molar-refractivity contribution >= 4 is 59.3 Å². The average molecular weight is 784 g/mol. The van der Waals surface area contributed by atoms with Gasteiger partial charge in [0.05, 0.1) is 13.0 Å². The molecule has 0 saturated carbocycles. The van der Waals surface area contributed by atoms with Gasteiger partial charge in [-0.25, -0.2) is 0 Å². The fraction of sp³-hybridized carbons (Fsp3) is 0.677. The van der Waals surface area contributed by atoms with Gasteiger partial charge in [0.2, 0.25) is 35.4 Å². The first-order valence-electron chi connectivity index (χ1n) is 17.7. The van der Waals surface area contributed by atoms with E-state index in [0.717, 1.165) is 0 Å². The molecule has 0 bridgehead atoms. The number of nitrogens with zero attached hydrogens (tertiary/aromatic N) is 3. The Morgan fingerprint density at radius 1 is 0.582 bits per heavy atom. The number of hydrogen-bond acceptors (Lipinski definition) is 11. The highest BCUT2D eigenvalue weighted by molar-refractivity contribution is 5.99. The number of nitrogens with one attached hydrogen (secondary N) is 6. The number of amides is 6. The van der Waals surface area contributed by atoms with Crippen LogP contribution in [0.15, 0.2) is 15.0 Å². The molecule has 310 valence electrons. The highest BCUT2D eigenvalue weighted by Gasteiger charge is 2.36. The molecule has 0 unspecified atom stereocenters. The Morgan fingerprint density at radius 3 is 1.25 bits per heavy atom. The third kappa shape index (κ3) is 18.1. The molecule has 7 atom stereocenters. The summed E-state index contributed by atoms with van der Waals surface area (Å²) in [6.45, 7) is 2.56. The molecule has 0 aromatic heterocycles. The zero-order valence-electron chi connectivity index (χ0n) is 31.1. The number of rotatable bonds is 17. The van der Waals surface area contributed by atoms with Crippen LogP contribution in [0.1, 0.15) is 65.2 Å². The highest BCUT2D eigenvalue weighted by Crippen LogP contribution is 2.12. The second kappa shape index (κ2) is 24.4. The molecule has 1 heterocycles. The summed E-state index contributed by atoms with van der Waals surface area (Å²) < 4.78 is 0. The number of aliphatic hydroxyl groups is 1. The minimum Gasteiger partial charge on any atom is -0.481 e. The van der Waals surface area contributed by atoms with Crippen molar-refractivity contribution in [1.82, 2.24) is 31.9 Å². The van der Waals surface area contributed by atoms with E-state index in [1.54, 1.807) is 13.8 Å². The number of guanidine groups is 3. The van der Waals surface area contributed by atoms with Crippen molar-refractivity contribution in [2.24, 2.45) is 55.3 Å². The molecular formula is C31H57N15O9. The monoisotopic (exact) mass is 783 g/mol. The number of aliphatic imine (C=N–C) groups is 3. The Bertz CT molecular complexity index is 1430. The lowest BCUT2D eigenvalue weighted by molar-refractivity contribution is -0.142. The number of hydrogen-bond donors (Lipinski definition) is 14. The maximum absolute atomic E-state index is 13.7. The lowest BCUT2D eigenvalue weighted by atomic mass is 9.97. The van der Waals surface area contributed by atoms with E-state index in [0.29, 0.717) is 6.42 Å². The summed E-state index contributed by atoms with van der Waals surface area (Å²) in [6.07, 6.45) is -0.518. The summed E-state index contributed by atoms with van der Waals surface area (Å²) in [5, 5.41) is 34.5. The maximum Gasteiger partial charge on any atom is 0.305 e. The Balaban J connectivity index is 3.78. The summed E-state index contributed by atoms with van der Waals surface area (Å²) >= 11 is 0. The van der Waals surface area contributed by atoms with Crippen LogP contribution in [0.25, 0.3) is 0 Å². The molecule has 55 heavy (non-hydrogen) atoms. The molecule has 0 aliphatic carbocycles. The standard InChI is InChI=1S/C31H57N15O9/c1-3-15(2)22-28(55)45-20(14-47)27(54)43-16(7-4-10-38-29(32)33)23(50)41-17(8-5-11-39-30(34)35)24(51)44-19(13-21(48)49)26(53)42-18(25(52)46-22)9-6-12-40-31(36)37/h15-20,22,47H,3-14H2,1-2H3,(H,41,50)(H,42,53)(H,43,54)(H,44,51)(H,45,55)(H,46,52)(H,48,49)(H4,32,33,38)(H4,34,35,39)(H4,36,37,40)/t15-,16-,17-,18-,19-,20-,22-/m0/s1. The molecule has 24 nitrogen and oxygen atoms in total. The molecule has 0 aromatic rings. The summed E-state index contributed by atoms with van der Waals surface area (Å²) in [5.74, 6) is -8.39. The molecule has 0 spiro atoms. The van der Waals surface area contributed by atoms with Gasteiger partial charge < -0.3 is 76.5 Å². The van der Waals surface area contributed by atoms with E-state index < -0.39 is 96.6 Å². The SMILES string of the molecule is CC[C@H](C)[C@@H]1NC(=O)[C@H](CCCN=C(N)N)NC(=O)[C@H](CC(=O)O)NC(=O)[C@H](CCCN=C(N)N)NC(=O)[C@H](CCCN=C(N)N)NC(=O)[C@H](CO)NC1=O. The van der Waals surface area contributed by atoms with Gasteiger partial charge >= 0.3 is 5.97 Å². The van der Waals surface area contributed by atoms with Crippen LogP contribution in [-0.2, 0) is 33.6 Å². The van der Waals surface area contributed by atoms with Gasteiger partial charge in [0.1, 0.15) is 36.3 Å². The van der Waals surface area contributed by atoms with Crippen LogP contribution < -0.4 is 66.3 Å². The predicted molar refractivity (Wildman–Crippen MR) is 200 cm³/mol. The number of nitrogens with two attached hydrogens (primary N) is 6. The first kappa shape index (κ1) is 47.1. The Kier molecular flexibility index (Phi) is 20.9. The first-order chi connectivity index (χ1) is 25.9. The number of aliphatic hydroxyl groups excluding tert-OH is 1. The minimum absolute atomic E-state index is 0.0197. The molecule has 1 fully saturated rings. The van der Waals surface area contributed by atoms with Crippen LogP contribution in [0, 0.1) is 5.92 Å². The van der Waals surface area contributed by atoms with Crippen LogP contribution in [0.5, 0.6) is 0 Å². The van der Waals surface area contributed by atoms with Gasteiger partial charge in [0.25, 0.3) is 0 Å². The van der Waals surface area contributed by atoms with E-state index in [9.17, 15) is 43.8 Å². The summed E-state index contributed by atoms with van der Waals surface area (Å²) in [7, 11) is 0. The van der Waals surface area contributed by atoms with Crippen LogP contribution in [0.4, 0.5) is 0 Å². The fourth-order valence-electron chi connectivity index (χ4n) is 5.20. The van der Waals surface area contributed by atoms with Gasteiger partial charge in [-0.3, -0.25) is 48.5 Å². The van der Waals surface area contributed by atoms with E-state index in [-0.39, 0.29) is 76.0 Å². The van der Waals surface area contributed by atoms with Crippen LogP contribution in [0.3, 0.4) is 0 Å². The molecule has 1 rings (SSSR count). The Morgan fingerprint density at radius 2 is 0.909 bits per heavy atom. The molecule has 6 amide bonds. The largest absolute Gasteiger partial charge is 0.481 e. The predicted octanol–water partition coefficient (Wildman–Crippen LogP) is -6.42. The molecule has 20 N–H and O–H groups in total. The lowest BCUT2D eigenvalue weighted by Crippen LogP contribution is -2.62. The van der Waals surface area contributed by atoms with Crippen LogP contribution >= 0.6 is 0 Å². The minimum atomic E-state index is -1.76. The average Bonchev–Trinajstić information content (AvgIpc) is 3.11. The van der Waals surface area contributed by atoms with Crippen molar-refractivity contribution in [3.63, 3.8) is 0 Å². The second-order valence-corrected chi connectivity index (χ2v) is 12.8. The van der Waals surface area contributed by atoms with Gasteiger partial charge in [-0.05, 0) is 44.4 Å². The Labute approximate surface area is 317 Å². The van der Waals surface area contributed by atoms with Crippen LogP contribution in [0.2, 0.25) is 0 Å². The first-order valence-corrected chi connectivity index (χ1v) is 17.7. The molecule has 1 saturated heterocycles. The van der Waals surface area contributed by atoms with E-state index in [4.69, 9.17) is 34.4 Å². The van der Waals surface area contributed by atoms with Crippen molar-refractivity contribution in [2.45, 2.75) is 101 Å². The highest BCUT2D eigenvalue weighted by atomic mass is 16.4. The third-order valence-electron chi connectivity index (χ3n) is 8.36. The third-order valence-corrected chi connectivity index (χ3v) is 8.36.